The molecule has 0 bridgehead atoms. The largest absolute Gasteiger partial charge is 0.497 e. The van der Waals surface area contributed by atoms with E-state index in [9.17, 15) is 9.59 Å². The molecule has 2 aromatic heterocycles. The first-order valence-corrected chi connectivity index (χ1v) is 9.72. The number of aromatic nitrogens is 3. The summed E-state index contributed by atoms with van der Waals surface area (Å²) >= 11 is 0. The summed E-state index contributed by atoms with van der Waals surface area (Å²) in [5.74, 6) is 0.742. The van der Waals surface area contributed by atoms with Crippen LogP contribution in [0.25, 0.3) is 21.9 Å². The molecule has 0 spiro atoms. The molecule has 29 heavy (non-hydrogen) atoms. The van der Waals surface area contributed by atoms with Gasteiger partial charge in [-0.05, 0) is 56.3 Å². The zero-order valence-electron chi connectivity index (χ0n) is 16.8. The van der Waals surface area contributed by atoms with Crippen molar-refractivity contribution >= 4 is 27.6 Å². The summed E-state index contributed by atoms with van der Waals surface area (Å²) in [6.45, 7) is 5.54. The molecule has 0 aliphatic heterocycles. The highest BCUT2D eigenvalue weighted by atomic mass is 16.5. The number of H-pyrrole nitrogens is 1. The topological polar surface area (TPSA) is 81.0 Å². The Morgan fingerprint density at radius 3 is 2.45 bits per heavy atom. The van der Waals surface area contributed by atoms with Gasteiger partial charge in [-0.2, -0.15) is 0 Å². The molecule has 0 unspecified atom stereocenters. The molecule has 7 heteroatoms. The van der Waals surface area contributed by atoms with Crippen LogP contribution in [0.1, 0.15) is 19.4 Å². The van der Waals surface area contributed by atoms with Gasteiger partial charge in [0.1, 0.15) is 5.75 Å². The van der Waals surface area contributed by atoms with Crippen LogP contribution in [0, 0.1) is 0 Å². The summed E-state index contributed by atoms with van der Waals surface area (Å²) in [6.07, 6.45) is 0. The van der Waals surface area contributed by atoms with E-state index in [-0.39, 0.29) is 11.2 Å². The molecule has 4 aromatic rings. The van der Waals surface area contributed by atoms with Gasteiger partial charge in [0.25, 0.3) is 5.56 Å². The number of methoxy groups -OCH3 is 1. The molecular formula is C22H24N4O3. The van der Waals surface area contributed by atoms with Crippen LogP contribution in [-0.2, 0) is 19.6 Å². The third-order valence-electron chi connectivity index (χ3n) is 5.26. The Morgan fingerprint density at radius 1 is 0.966 bits per heavy atom. The predicted octanol–water partition coefficient (Wildman–Crippen LogP) is 3.31. The number of hydrogen-bond acceptors (Lipinski definition) is 4. The van der Waals surface area contributed by atoms with Crippen molar-refractivity contribution in [1.82, 2.24) is 14.1 Å². The lowest BCUT2D eigenvalue weighted by molar-refractivity contribution is 0.415. The van der Waals surface area contributed by atoms with E-state index in [0.29, 0.717) is 25.2 Å². The molecule has 0 amide bonds. The third-order valence-corrected chi connectivity index (χ3v) is 5.26. The predicted molar refractivity (Wildman–Crippen MR) is 116 cm³/mol. The molecule has 2 aromatic carbocycles. The summed E-state index contributed by atoms with van der Waals surface area (Å²) in [4.78, 5) is 27.9. The van der Waals surface area contributed by atoms with Crippen LogP contribution < -0.4 is 21.3 Å². The van der Waals surface area contributed by atoms with Crippen molar-refractivity contribution in [3.8, 4) is 5.75 Å². The standard InChI is InChI=1S/C22H24N4O3/c1-4-25-19-9-6-16(12-20(19)26(5-2)22(25)28)23-13-15-10-14-11-17(29-3)7-8-18(14)24-21(15)27/h6-12,23H,4-5,13H2,1-3H3,(H,24,27). The minimum absolute atomic E-state index is 0.00192. The second kappa shape index (κ2) is 7.50. The number of ether oxygens (including phenoxy) is 1. The minimum atomic E-state index is -0.126. The lowest BCUT2D eigenvalue weighted by Crippen LogP contribution is -2.23. The minimum Gasteiger partial charge on any atom is -0.497 e. The van der Waals surface area contributed by atoms with Crippen LogP contribution in [0.15, 0.2) is 52.1 Å². The monoisotopic (exact) mass is 392 g/mol. The number of nitrogens with zero attached hydrogens (tertiary/aromatic N) is 2. The maximum atomic E-state index is 12.5. The Balaban J connectivity index is 1.66. The lowest BCUT2D eigenvalue weighted by Gasteiger charge is -2.09. The van der Waals surface area contributed by atoms with Gasteiger partial charge in [0, 0.05) is 41.8 Å². The number of anilines is 1. The van der Waals surface area contributed by atoms with Gasteiger partial charge in [0.05, 0.1) is 18.1 Å². The molecule has 0 saturated heterocycles. The molecule has 0 aliphatic rings. The SMILES string of the molecule is CCn1c(=O)n(CC)c2cc(NCc3cc4cc(OC)ccc4[nH]c3=O)ccc21. The molecule has 0 radical (unpaired) electrons. The molecule has 4 rings (SSSR count). The summed E-state index contributed by atoms with van der Waals surface area (Å²) in [7, 11) is 1.62. The average Bonchev–Trinajstić information content (AvgIpc) is 3.01. The van der Waals surface area contributed by atoms with Gasteiger partial charge in [-0.25, -0.2) is 4.79 Å². The molecule has 2 heterocycles. The average molecular weight is 392 g/mol. The van der Waals surface area contributed by atoms with Gasteiger partial charge in [-0.15, -0.1) is 0 Å². The Bertz CT molecular complexity index is 1310. The summed E-state index contributed by atoms with van der Waals surface area (Å²) in [5, 5.41) is 4.22. The van der Waals surface area contributed by atoms with Gasteiger partial charge in [0.15, 0.2) is 0 Å². The second-order valence-corrected chi connectivity index (χ2v) is 6.91. The van der Waals surface area contributed by atoms with Crippen molar-refractivity contribution < 1.29 is 4.74 Å². The van der Waals surface area contributed by atoms with Gasteiger partial charge in [0.2, 0.25) is 0 Å². The van der Waals surface area contributed by atoms with Gasteiger partial charge < -0.3 is 15.0 Å². The van der Waals surface area contributed by atoms with Crippen molar-refractivity contribution in [1.29, 1.82) is 0 Å². The zero-order valence-corrected chi connectivity index (χ0v) is 16.8. The number of imidazole rings is 1. The van der Waals surface area contributed by atoms with E-state index in [1.807, 2.05) is 56.3 Å². The first kappa shape index (κ1) is 18.9. The van der Waals surface area contributed by atoms with Crippen LogP contribution in [0.5, 0.6) is 5.75 Å². The molecule has 0 fully saturated rings. The normalized spacial score (nSPS) is 11.3. The Kier molecular flexibility index (Phi) is 4.88. The molecule has 150 valence electrons. The van der Waals surface area contributed by atoms with Gasteiger partial charge in [-0.1, -0.05) is 0 Å². The van der Waals surface area contributed by atoms with Crippen molar-refractivity contribution in [3.05, 3.63) is 68.9 Å². The number of nitrogens with one attached hydrogen (secondary N) is 2. The zero-order chi connectivity index (χ0) is 20.5. The highest BCUT2D eigenvalue weighted by molar-refractivity contribution is 5.81. The summed E-state index contributed by atoms with van der Waals surface area (Å²) < 4.78 is 8.80. The summed E-state index contributed by atoms with van der Waals surface area (Å²) in [6, 6.07) is 13.3. The molecule has 7 nitrogen and oxygen atoms in total. The first-order valence-electron chi connectivity index (χ1n) is 9.72. The van der Waals surface area contributed by atoms with Gasteiger partial charge >= 0.3 is 5.69 Å². The summed E-state index contributed by atoms with van der Waals surface area (Å²) in [5.41, 5.74) is 3.94. The molecule has 0 saturated carbocycles. The highest BCUT2D eigenvalue weighted by Gasteiger charge is 2.12. The number of aryl methyl sites for hydroxylation is 2. The van der Waals surface area contributed by atoms with Crippen molar-refractivity contribution in [2.75, 3.05) is 12.4 Å². The molecule has 0 atom stereocenters. The Hall–Kier alpha value is -3.48. The lowest BCUT2D eigenvalue weighted by atomic mass is 10.1. The van der Waals surface area contributed by atoms with Crippen LogP contribution in [0.2, 0.25) is 0 Å². The second-order valence-electron chi connectivity index (χ2n) is 6.91. The molecular weight excluding hydrogens is 368 g/mol. The van der Waals surface area contributed by atoms with E-state index in [1.54, 1.807) is 16.2 Å². The van der Waals surface area contributed by atoms with Crippen molar-refractivity contribution in [2.45, 2.75) is 33.5 Å². The van der Waals surface area contributed by atoms with Gasteiger partial charge in [-0.3, -0.25) is 13.9 Å². The fourth-order valence-electron chi connectivity index (χ4n) is 3.73. The van der Waals surface area contributed by atoms with E-state index in [0.717, 1.165) is 33.4 Å². The van der Waals surface area contributed by atoms with E-state index in [1.165, 1.54) is 0 Å². The fourth-order valence-corrected chi connectivity index (χ4v) is 3.73. The van der Waals surface area contributed by atoms with Crippen LogP contribution >= 0.6 is 0 Å². The highest BCUT2D eigenvalue weighted by Crippen LogP contribution is 2.21. The van der Waals surface area contributed by atoms with Crippen molar-refractivity contribution in [2.24, 2.45) is 0 Å². The number of aromatic amines is 1. The molecule has 0 aliphatic carbocycles. The Labute approximate surface area is 167 Å². The van der Waals surface area contributed by atoms with E-state index in [2.05, 4.69) is 10.3 Å². The van der Waals surface area contributed by atoms with E-state index >= 15 is 0 Å². The number of fused-ring (bicyclic) bond motifs is 2. The van der Waals surface area contributed by atoms with Crippen LogP contribution in [0.3, 0.4) is 0 Å². The number of pyridine rings is 1. The van der Waals surface area contributed by atoms with E-state index < -0.39 is 0 Å². The van der Waals surface area contributed by atoms with Crippen molar-refractivity contribution in [3.63, 3.8) is 0 Å². The maximum Gasteiger partial charge on any atom is 0.329 e. The van der Waals surface area contributed by atoms with Crippen LogP contribution in [-0.4, -0.2) is 21.2 Å². The number of rotatable bonds is 6. The fraction of sp³-hybridized carbons (Fsp3) is 0.273. The smallest absolute Gasteiger partial charge is 0.329 e. The quantitative estimate of drug-likeness (QED) is 0.528. The maximum absolute atomic E-state index is 12.5. The number of hydrogen-bond donors (Lipinski definition) is 2. The first-order chi connectivity index (χ1) is 14.0. The third kappa shape index (κ3) is 3.29. The Morgan fingerprint density at radius 2 is 1.72 bits per heavy atom. The number of benzene rings is 2. The van der Waals surface area contributed by atoms with E-state index in [4.69, 9.17) is 4.74 Å². The van der Waals surface area contributed by atoms with Crippen LogP contribution in [0.4, 0.5) is 5.69 Å². The molecule has 2 N–H and O–H groups in total.